The standard InChI is InChI=1S/C22H23N3O2/c23-14-19-8-4-5-9-20(19)25-22(27)18-12-10-17(11-13-18)21(26)24-15-16-6-2-1-3-7-16/h1-9,17-18H,10-13,15H2,(H,24,26)(H,25,27). The van der Waals surface area contributed by atoms with Crippen LogP contribution < -0.4 is 10.6 Å². The number of nitrogens with zero attached hydrogens (tertiary/aromatic N) is 1. The highest BCUT2D eigenvalue weighted by Gasteiger charge is 2.30. The number of para-hydroxylation sites is 1. The van der Waals surface area contributed by atoms with Gasteiger partial charge in [0.2, 0.25) is 11.8 Å². The van der Waals surface area contributed by atoms with Gasteiger partial charge in [-0.25, -0.2) is 0 Å². The van der Waals surface area contributed by atoms with Crippen LogP contribution >= 0.6 is 0 Å². The van der Waals surface area contributed by atoms with Crippen LogP contribution in [0.5, 0.6) is 0 Å². The molecule has 0 atom stereocenters. The topological polar surface area (TPSA) is 82.0 Å². The van der Waals surface area contributed by atoms with Crippen molar-refractivity contribution in [2.24, 2.45) is 11.8 Å². The van der Waals surface area contributed by atoms with E-state index in [9.17, 15) is 9.59 Å². The average molecular weight is 361 g/mol. The third-order valence-corrected chi connectivity index (χ3v) is 5.08. The van der Waals surface area contributed by atoms with Gasteiger partial charge in [0, 0.05) is 18.4 Å². The summed E-state index contributed by atoms with van der Waals surface area (Å²) in [6.45, 7) is 0.533. The fourth-order valence-corrected chi connectivity index (χ4v) is 3.47. The number of benzene rings is 2. The van der Waals surface area contributed by atoms with Gasteiger partial charge in [-0.1, -0.05) is 42.5 Å². The molecule has 5 nitrogen and oxygen atoms in total. The highest BCUT2D eigenvalue weighted by atomic mass is 16.2. The second-order valence-corrected chi connectivity index (χ2v) is 6.90. The maximum absolute atomic E-state index is 12.5. The molecular formula is C22H23N3O2. The Kier molecular flexibility index (Phi) is 6.22. The van der Waals surface area contributed by atoms with Crippen LogP contribution in [0.25, 0.3) is 0 Å². The molecule has 1 aliphatic rings. The van der Waals surface area contributed by atoms with Crippen LogP contribution in [0.2, 0.25) is 0 Å². The van der Waals surface area contributed by atoms with Crippen molar-refractivity contribution in [3.63, 3.8) is 0 Å². The van der Waals surface area contributed by atoms with Crippen molar-refractivity contribution in [3.8, 4) is 6.07 Å². The lowest BCUT2D eigenvalue weighted by atomic mass is 9.81. The lowest BCUT2D eigenvalue weighted by Crippen LogP contribution is -2.35. The zero-order chi connectivity index (χ0) is 19.1. The molecule has 1 aliphatic carbocycles. The molecule has 1 fully saturated rings. The van der Waals surface area contributed by atoms with Crippen molar-refractivity contribution in [2.75, 3.05) is 5.32 Å². The summed E-state index contributed by atoms with van der Waals surface area (Å²) in [5, 5.41) is 15.0. The van der Waals surface area contributed by atoms with Crippen molar-refractivity contribution < 1.29 is 9.59 Å². The highest BCUT2D eigenvalue weighted by molar-refractivity contribution is 5.94. The van der Waals surface area contributed by atoms with Gasteiger partial charge < -0.3 is 10.6 Å². The molecule has 2 aromatic carbocycles. The van der Waals surface area contributed by atoms with E-state index in [0.29, 0.717) is 43.5 Å². The van der Waals surface area contributed by atoms with Gasteiger partial charge in [0.25, 0.3) is 0 Å². The normalized spacial score (nSPS) is 18.9. The summed E-state index contributed by atoms with van der Waals surface area (Å²) in [5.74, 6) is -0.160. The third kappa shape index (κ3) is 4.95. The summed E-state index contributed by atoms with van der Waals surface area (Å²) >= 11 is 0. The average Bonchev–Trinajstić information content (AvgIpc) is 2.73. The molecule has 0 radical (unpaired) electrons. The maximum atomic E-state index is 12.5. The lowest BCUT2D eigenvalue weighted by Gasteiger charge is -2.27. The summed E-state index contributed by atoms with van der Waals surface area (Å²) in [4.78, 5) is 24.9. The Morgan fingerprint density at radius 3 is 2.15 bits per heavy atom. The molecule has 5 heteroatoms. The first-order valence-electron chi connectivity index (χ1n) is 9.29. The second kappa shape index (κ2) is 9.00. The molecule has 0 aromatic heterocycles. The molecule has 138 valence electrons. The van der Waals surface area contributed by atoms with Crippen LogP contribution in [0.15, 0.2) is 54.6 Å². The van der Waals surface area contributed by atoms with E-state index in [2.05, 4.69) is 16.7 Å². The van der Waals surface area contributed by atoms with E-state index >= 15 is 0 Å². The van der Waals surface area contributed by atoms with E-state index in [1.54, 1.807) is 24.3 Å². The van der Waals surface area contributed by atoms with Crippen molar-refractivity contribution in [1.82, 2.24) is 5.32 Å². The van der Waals surface area contributed by atoms with Crippen molar-refractivity contribution in [3.05, 3.63) is 65.7 Å². The van der Waals surface area contributed by atoms with Crippen LogP contribution in [0.4, 0.5) is 5.69 Å². The number of hydrogen-bond acceptors (Lipinski definition) is 3. The molecule has 2 aromatic rings. The zero-order valence-electron chi connectivity index (χ0n) is 15.2. The summed E-state index contributed by atoms with van der Waals surface area (Å²) < 4.78 is 0. The van der Waals surface area contributed by atoms with E-state index in [1.165, 1.54) is 0 Å². The fourth-order valence-electron chi connectivity index (χ4n) is 3.47. The molecule has 0 saturated heterocycles. The molecule has 0 aliphatic heterocycles. The maximum Gasteiger partial charge on any atom is 0.227 e. The molecule has 0 unspecified atom stereocenters. The van der Waals surface area contributed by atoms with Gasteiger partial charge in [0.1, 0.15) is 6.07 Å². The SMILES string of the molecule is N#Cc1ccccc1NC(=O)C1CCC(C(=O)NCc2ccccc2)CC1. The first kappa shape index (κ1) is 18.7. The Balaban J connectivity index is 1.47. The summed E-state index contributed by atoms with van der Waals surface area (Å²) in [6.07, 6.45) is 2.78. The van der Waals surface area contributed by atoms with E-state index < -0.39 is 0 Å². The highest BCUT2D eigenvalue weighted by Crippen LogP contribution is 2.30. The summed E-state index contributed by atoms with van der Waals surface area (Å²) in [7, 11) is 0. The molecule has 27 heavy (non-hydrogen) atoms. The minimum Gasteiger partial charge on any atom is -0.352 e. The van der Waals surface area contributed by atoms with Crippen LogP contribution in [-0.4, -0.2) is 11.8 Å². The number of nitrogens with one attached hydrogen (secondary N) is 2. The number of anilines is 1. The van der Waals surface area contributed by atoms with Gasteiger partial charge in [-0.05, 0) is 43.4 Å². The van der Waals surface area contributed by atoms with Crippen molar-refractivity contribution in [2.45, 2.75) is 32.2 Å². The monoisotopic (exact) mass is 361 g/mol. The number of carbonyl (C=O) groups is 2. The van der Waals surface area contributed by atoms with Crippen LogP contribution in [0.1, 0.15) is 36.8 Å². The lowest BCUT2D eigenvalue weighted by molar-refractivity contribution is -0.128. The summed E-state index contributed by atoms with van der Waals surface area (Å²) in [5.41, 5.74) is 2.09. The first-order chi connectivity index (χ1) is 13.2. The minimum atomic E-state index is -0.116. The van der Waals surface area contributed by atoms with Crippen molar-refractivity contribution >= 4 is 17.5 Å². The number of amides is 2. The Bertz CT molecular complexity index is 834. The van der Waals surface area contributed by atoms with Crippen LogP contribution in [0, 0.1) is 23.2 Å². The molecule has 0 bridgehead atoms. The second-order valence-electron chi connectivity index (χ2n) is 6.90. The van der Waals surface area contributed by atoms with E-state index in [-0.39, 0.29) is 23.7 Å². The van der Waals surface area contributed by atoms with Gasteiger partial charge in [-0.15, -0.1) is 0 Å². The Hall–Kier alpha value is -3.13. The van der Waals surface area contributed by atoms with E-state index in [0.717, 1.165) is 5.56 Å². The van der Waals surface area contributed by atoms with Gasteiger partial charge in [0.05, 0.1) is 11.3 Å². The van der Waals surface area contributed by atoms with Gasteiger partial charge in [-0.2, -0.15) is 5.26 Å². The van der Waals surface area contributed by atoms with Gasteiger partial charge >= 0.3 is 0 Å². The molecular weight excluding hydrogens is 338 g/mol. The minimum absolute atomic E-state index is 0.0378. The molecule has 3 rings (SSSR count). The molecule has 2 amide bonds. The Morgan fingerprint density at radius 1 is 0.889 bits per heavy atom. The van der Waals surface area contributed by atoms with E-state index in [1.807, 2.05) is 30.3 Å². The Morgan fingerprint density at radius 2 is 1.48 bits per heavy atom. The zero-order valence-corrected chi connectivity index (χ0v) is 15.2. The van der Waals surface area contributed by atoms with Crippen LogP contribution in [-0.2, 0) is 16.1 Å². The number of nitriles is 1. The molecule has 2 N–H and O–H groups in total. The van der Waals surface area contributed by atoms with Gasteiger partial charge in [0.15, 0.2) is 0 Å². The molecule has 0 heterocycles. The van der Waals surface area contributed by atoms with E-state index in [4.69, 9.17) is 5.26 Å². The predicted molar refractivity (Wildman–Crippen MR) is 104 cm³/mol. The Labute approximate surface area is 159 Å². The molecule has 1 saturated carbocycles. The van der Waals surface area contributed by atoms with Crippen molar-refractivity contribution in [1.29, 1.82) is 5.26 Å². The number of hydrogen-bond donors (Lipinski definition) is 2. The third-order valence-electron chi connectivity index (χ3n) is 5.08. The number of carbonyl (C=O) groups excluding carboxylic acids is 2. The predicted octanol–water partition coefficient (Wildman–Crippen LogP) is 3.62. The molecule has 0 spiro atoms. The van der Waals surface area contributed by atoms with Gasteiger partial charge in [-0.3, -0.25) is 9.59 Å². The quantitative estimate of drug-likeness (QED) is 0.853. The largest absolute Gasteiger partial charge is 0.352 e. The first-order valence-corrected chi connectivity index (χ1v) is 9.29. The smallest absolute Gasteiger partial charge is 0.227 e. The summed E-state index contributed by atoms with van der Waals surface area (Å²) in [6, 6.07) is 18.9. The fraction of sp³-hybridized carbons (Fsp3) is 0.318. The number of rotatable bonds is 5. The van der Waals surface area contributed by atoms with Crippen LogP contribution in [0.3, 0.4) is 0 Å².